The molecule has 0 aliphatic carbocycles. The molecule has 3 aromatic rings. The van der Waals surface area contributed by atoms with Gasteiger partial charge in [-0.05, 0) is 59.8 Å². The minimum atomic E-state index is 0.296. The topological polar surface area (TPSA) is 56.3 Å². The number of nitriles is 1. The second-order valence-corrected chi connectivity index (χ2v) is 8.55. The summed E-state index contributed by atoms with van der Waals surface area (Å²) in [5.41, 5.74) is 8.85. The first kappa shape index (κ1) is 19.3. The van der Waals surface area contributed by atoms with Crippen LogP contribution in [0.3, 0.4) is 0 Å². The van der Waals surface area contributed by atoms with Crippen LogP contribution in [0, 0.1) is 11.3 Å². The van der Waals surface area contributed by atoms with Crippen molar-refractivity contribution < 1.29 is 0 Å². The molecule has 0 amide bonds. The minimum absolute atomic E-state index is 0.296. The lowest BCUT2D eigenvalue weighted by atomic mass is 10.0. The summed E-state index contributed by atoms with van der Waals surface area (Å²) in [6.45, 7) is 8.02. The van der Waals surface area contributed by atoms with Crippen molar-refractivity contribution in [3.63, 3.8) is 0 Å². The normalized spacial score (nSPS) is 15.4. The molecular weight excluding hydrogens is 376 g/mol. The summed E-state index contributed by atoms with van der Waals surface area (Å²) >= 11 is 1.64. The van der Waals surface area contributed by atoms with Gasteiger partial charge in [0.2, 0.25) is 0 Å². The van der Waals surface area contributed by atoms with Gasteiger partial charge in [-0.15, -0.1) is 11.3 Å². The van der Waals surface area contributed by atoms with Crippen LogP contribution in [0.25, 0.3) is 27.3 Å². The fraction of sp³-hybridized carbons (Fsp3) is 0.208. The summed E-state index contributed by atoms with van der Waals surface area (Å²) in [6, 6.07) is 19.5. The Hall–Kier alpha value is -3.07. The van der Waals surface area contributed by atoms with E-state index in [-0.39, 0.29) is 0 Å². The Morgan fingerprint density at radius 2 is 1.79 bits per heavy atom. The molecule has 2 aromatic carbocycles. The van der Waals surface area contributed by atoms with Crippen molar-refractivity contribution in [2.45, 2.75) is 0 Å². The first-order chi connectivity index (χ1) is 14.0. The zero-order valence-electron chi connectivity index (χ0n) is 16.6. The predicted molar refractivity (Wildman–Crippen MR) is 124 cm³/mol. The van der Waals surface area contributed by atoms with Crippen LogP contribution < -0.4 is 10.6 Å². The second-order valence-electron chi connectivity index (χ2n) is 7.43. The van der Waals surface area contributed by atoms with Crippen LogP contribution in [0.15, 0.2) is 66.4 Å². The molecule has 29 heavy (non-hydrogen) atoms. The summed E-state index contributed by atoms with van der Waals surface area (Å²) in [6.07, 6.45) is 1.79. The first-order valence-electron chi connectivity index (χ1n) is 9.67. The smallest absolute Gasteiger partial charge is 0.101 e. The molecule has 4 nitrogen and oxygen atoms in total. The quantitative estimate of drug-likeness (QED) is 0.509. The number of allylic oxidation sites excluding steroid dienone is 1. The molecule has 0 unspecified atom stereocenters. The third-order valence-corrected chi connectivity index (χ3v) is 6.44. The number of anilines is 1. The fourth-order valence-electron chi connectivity index (χ4n) is 3.57. The summed E-state index contributed by atoms with van der Waals surface area (Å²) in [5.74, 6) is 0. The van der Waals surface area contributed by atoms with Crippen LogP contribution in [0.1, 0.15) is 4.88 Å². The molecular formula is C24H24N4S. The predicted octanol–water partition coefficient (Wildman–Crippen LogP) is 4.70. The van der Waals surface area contributed by atoms with E-state index in [2.05, 4.69) is 72.0 Å². The molecule has 5 heteroatoms. The van der Waals surface area contributed by atoms with Gasteiger partial charge in [0.1, 0.15) is 6.07 Å². The number of piperazine rings is 1. The maximum Gasteiger partial charge on any atom is 0.101 e. The van der Waals surface area contributed by atoms with Crippen molar-refractivity contribution in [2.75, 3.05) is 38.1 Å². The highest BCUT2D eigenvalue weighted by Gasteiger charge is 2.14. The van der Waals surface area contributed by atoms with E-state index >= 15 is 0 Å². The molecule has 0 radical (unpaired) electrons. The maximum absolute atomic E-state index is 9.17. The summed E-state index contributed by atoms with van der Waals surface area (Å²) in [7, 11) is 2.18. The van der Waals surface area contributed by atoms with Gasteiger partial charge in [-0.25, -0.2) is 0 Å². The van der Waals surface area contributed by atoms with E-state index in [1.807, 2.05) is 6.07 Å². The average molecular weight is 401 g/mol. The zero-order chi connectivity index (χ0) is 20.4. The van der Waals surface area contributed by atoms with Gasteiger partial charge in [-0.2, -0.15) is 5.26 Å². The molecule has 1 aromatic heterocycles. The van der Waals surface area contributed by atoms with Crippen LogP contribution in [0.2, 0.25) is 0 Å². The molecule has 0 saturated carbocycles. The molecule has 146 valence electrons. The monoisotopic (exact) mass is 400 g/mol. The zero-order valence-corrected chi connectivity index (χ0v) is 17.4. The minimum Gasteiger partial charge on any atom is -0.398 e. The lowest BCUT2D eigenvalue weighted by Crippen LogP contribution is -2.44. The number of fused-ring (bicyclic) bond motifs is 1. The molecule has 2 N–H and O–H groups in total. The van der Waals surface area contributed by atoms with Crippen LogP contribution >= 0.6 is 11.3 Å². The lowest BCUT2D eigenvalue weighted by molar-refractivity contribution is 0.313. The number of hydrogen-bond acceptors (Lipinski definition) is 5. The highest BCUT2D eigenvalue weighted by Crippen LogP contribution is 2.33. The van der Waals surface area contributed by atoms with Gasteiger partial charge in [-0.3, -0.25) is 0 Å². The standard InChI is InChI=1S/C24H24N4S/c1-17(26)21(16-25)15-23-7-8-24(29-23)20-4-3-19-14-22(6-5-18(19)13-20)28-11-9-27(2)10-12-28/h3-8,13-15H,1,9-12,26H2,2H3/b21-15+. The van der Waals surface area contributed by atoms with Gasteiger partial charge in [-0.1, -0.05) is 24.8 Å². The second kappa shape index (κ2) is 8.12. The largest absolute Gasteiger partial charge is 0.398 e. The third kappa shape index (κ3) is 4.19. The van der Waals surface area contributed by atoms with Crippen molar-refractivity contribution in [3.8, 4) is 16.5 Å². The maximum atomic E-state index is 9.17. The third-order valence-electron chi connectivity index (χ3n) is 5.36. The number of likely N-dealkylation sites (N-methyl/N-ethyl adjacent to an activating group) is 1. The van der Waals surface area contributed by atoms with Crippen molar-refractivity contribution in [2.24, 2.45) is 5.73 Å². The van der Waals surface area contributed by atoms with Crippen LogP contribution in [0.5, 0.6) is 0 Å². The molecule has 0 bridgehead atoms. The molecule has 1 aliphatic rings. The molecule has 1 fully saturated rings. The number of benzene rings is 2. The van der Waals surface area contributed by atoms with Crippen LogP contribution in [-0.4, -0.2) is 38.1 Å². The van der Waals surface area contributed by atoms with Crippen LogP contribution in [-0.2, 0) is 0 Å². The van der Waals surface area contributed by atoms with Gasteiger partial charge in [0.05, 0.1) is 5.57 Å². The Bertz CT molecular complexity index is 1130. The van der Waals surface area contributed by atoms with E-state index in [0.717, 1.165) is 31.1 Å². The fourth-order valence-corrected chi connectivity index (χ4v) is 4.52. The van der Waals surface area contributed by atoms with E-state index in [4.69, 9.17) is 11.0 Å². The van der Waals surface area contributed by atoms with E-state index in [1.54, 1.807) is 17.4 Å². The van der Waals surface area contributed by atoms with Gasteiger partial charge >= 0.3 is 0 Å². The van der Waals surface area contributed by atoms with Crippen LogP contribution in [0.4, 0.5) is 5.69 Å². The Balaban J connectivity index is 1.59. The Morgan fingerprint density at radius 1 is 1.07 bits per heavy atom. The van der Waals surface area contributed by atoms with Gasteiger partial charge in [0.15, 0.2) is 0 Å². The number of thiophene rings is 1. The molecule has 0 atom stereocenters. The van der Waals surface area contributed by atoms with Gasteiger partial charge < -0.3 is 15.5 Å². The molecule has 4 rings (SSSR count). The Kier molecular flexibility index (Phi) is 5.39. The average Bonchev–Trinajstić information content (AvgIpc) is 3.20. The summed E-state index contributed by atoms with van der Waals surface area (Å²) in [4.78, 5) is 7.00. The highest BCUT2D eigenvalue weighted by molar-refractivity contribution is 7.16. The van der Waals surface area contributed by atoms with Gasteiger partial charge in [0.25, 0.3) is 0 Å². The SMILES string of the molecule is C=C(N)/C(C#N)=C/c1ccc(-c2ccc3cc(N4CCN(C)CC4)ccc3c2)s1. The number of nitrogens with zero attached hydrogens (tertiary/aromatic N) is 3. The van der Waals surface area contributed by atoms with Crippen molar-refractivity contribution in [3.05, 3.63) is 71.3 Å². The van der Waals surface area contributed by atoms with Crippen molar-refractivity contribution in [1.82, 2.24) is 4.90 Å². The highest BCUT2D eigenvalue weighted by atomic mass is 32.1. The molecule has 0 spiro atoms. The van der Waals surface area contributed by atoms with E-state index in [0.29, 0.717) is 11.3 Å². The van der Waals surface area contributed by atoms with Gasteiger partial charge in [0, 0.05) is 47.3 Å². The number of rotatable bonds is 4. The molecule has 1 saturated heterocycles. The summed E-state index contributed by atoms with van der Waals surface area (Å²) < 4.78 is 0. The number of hydrogen-bond donors (Lipinski definition) is 1. The van der Waals surface area contributed by atoms with Crippen molar-refractivity contribution >= 4 is 33.9 Å². The molecule has 1 aliphatic heterocycles. The van der Waals surface area contributed by atoms with Crippen molar-refractivity contribution in [1.29, 1.82) is 5.26 Å². The lowest BCUT2D eigenvalue weighted by Gasteiger charge is -2.34. The first-order valence-corrected chi connectivity index (χ1v) is 10.5. The Morgan fingerprint density at radius 3 is 2.52 bits per heavy atom. The molecule has 2 heterocycles. The number of nitrogens with two attached hydrogens (primary N) is 1. The Labute approximate surface area is 175 Å². The van der Waals surface area contributed by atoms with E-state index < -0.39 is 0 Å². The summed E-state index contributed by atoms with van der Waals surface area (Å²) in [5, 5.41) is 11.7. The van der Waals surface area contributed by atoms with E-state index in [1.165, 1.54) is 26.9 Å². The van der Waals surface area contributed by atoms with E-state index in [9.17, 15) is 0 Å².